The average molecular weight is 422 g/mol. The lowest BCUT2D eigenvalue weighted by Crippen LogP contribution is -2.48. The van der Waals surface area contributed by atoms with Gasteiger partial charge in [0.05, 0.1) is 53.9 Å². The van der Waals surface area contributed by atoms with E-state index in [0.29, 0.717) is 18.8 Å². The maximum absolute atomic E-state index is 13.4. The lowest BCUT2D eigenvalue weighted by atomic mass is 10.1. The van der Waals surface area contributed by atoms with Gasteiger partial charge in [-0.05, 0) is 39.0 Å². The number of rotatable bonds is 2. The van der Waals surface area contributed by atoms with E-state index in [2.05, 4.69) is 29.2 Å². The first-order valence-corrected chi connectivity index (χ1v) is 10.2. The van der Waals surface area contributed by atoms with Crippen LogP contribution in [-0.2, 0) is 17.8 Å². The molecule has 0 spiro atoms. The molecule has 156 valence electrons. The minimum atomic E-state index is -0.515. The van der Waals surface area contributed by atoms with Gasteiger partial charge >= 0.3 is 6.03 Å². The number of anilines is 2. The van der Waals surface area contributed by atoms with Crippen molar-refractivity contribution in [3.63, 3.8) is 0 Å². The van der Waals surface area contributed by atoms with Crippen LogP contribution in [0.2, 0.25) is 5.02 Å². The number of hydrogen-bond donors (Lipinski definition) is 1. The van der Waals surface area contributed by atoms with Crippen LogP contribution in [0.4, 0.5) is 20.6 Å². The molecule has 0 bridgehead atoms. The van der Waals surface area contributed by atoms with Gasteiger partial charge < -0.3 is 19.9 Å². The van der Waals surface area contributed by atoms with Gasteiger partial charge in [-0.2, -0.15) is 5.10 Å². The molecule has 4 rings (SSSR count). The number of halogens is 2. The normalized spacial score (nSPS) is 24.4. The molecule has 2 amide bonds. The SMILES string of the molecule is C[C@H]1CN(c2cnn3c2CN(C(=O)Nc2ccc(F)c(Cl)c2)[C@@H](C)C3)C[C@H](C)O1. The standard InChI is InChI=1S/C20H25ClFN5O2/c1-12-8-27-19(18(7-23-27)25-9-13(2)29-14(3)10-25)11-26(12)20(28)24-15-4-5-17(22)16(21)6-15/h4-7,12-14H,8-11H2,1-3H3,(H,24,28)/t12-,13-,14-/m0/s1. The summed E-state index contributed by atoms with van der Waals surface area (Å²) in [7, 11) is 0. The number of aromatic nitrogens is 2. The number of carbonyl (C=O) groups is 1. The number of benzene rings is 1. The summed E-state index contributed by atoms with van der Waals surface area (Å²) in [6.07, 6.45) is 2.16. The Balaban J connectivity index is 1.53. The van der Waals surface area contributed by atoms with Crippen LogP contribution in [0.3, 0.4) is 0 Å². The number of urea groups is 1. The molecule has 3 heterocycles. The van der Waals surface area contributed by atoms with Gasteiger partial charge in [0.15, 0.2) is 0 Å². The summed E-state index contributed by atoms with van der Waals surface area (Å²) in [6, 6.07) is 3.87. The van der Waals surface area contributed by atoms with Gasteiger partial charge in [-0.1, -0.05) is 11.6 Å². The fourth-order valence-corrected chi connectivity index (χ4v) is 4.25. The summed E-state index contributed by atoms with van der Waals surface area (Å²) in [4.78, 5) is 17.0. The minimum absolute atomic E-state index is 0.0228. The summed E-state index contributed by atoms with van der Waals surface area (Å²) in [5.74, 6) is -0.515. The molecule has 0 aliphatic carbocycles. The molecule has 1 aromatic heterocycles. The van der Waals surface area contributed by atoms with Crippen LogP contribution in [0.25, 0.3) is 0 Å². The van der Waals surface area contributed by atoms with Crippen LogP contribution in [0, 0.1) is 5.82 Å². The molecule has 1 N–H and O–H groups in total. The molecule has 9 heteroatoms. The molecular formula is C20H25ClFN5O2. The highest BCUT2D eigenvalue weighted by Gasteiger charge is 2.32. The number of nitrogens with one attached hydrogen (secondary N) is 1. The summed E-state index contributed by atoms with van der Waals surface area (Å²) in [6.45, 7) is 8.75. The predicted molar refractivity (Wildman–Crippen MR) is 110 cm³/mol. The van der Waals surface area contributed by atoms with E-state index in [9.17, 15) is 9.18 Å². The van der Waals surface area contributed by atoms with Crippen LogP contribution in [0.1, 0.15) is 26.5 Å². The number of nitrogens with zero attached hydrogens (tertiary/aromatic N) is 4. The number of ether oxygens (including phenoxy) is 1. The molecular weight excluding hydrogens is 397 g/mol. The summed E-state index contributed by atoms with van der Waals surface area (Å²) < 4.78 is 21.2. The van der Waals surface area contributed by atoms with E-state index in [-0.39, 0.29) is 29.3 Å². The fraction of sp³-hybridized carbons (Fsp3) is 0.500. The smallest absolute Gasteiger partial charge is 0.322 e. The van der Waals surface area contributed by atoms with E-state index < -0.39 is 5.82 Å². The van der Waals surface area contributed by atoms with Crippen molar-refractivity contribution in [2.45, 2.75) is 52.1 Å². The summed E-state index contributed by atoms with van der Waals surface area (Å²) in [5, 5.41) is 7.34. The molecule has 1 fully saturated rings. The summed E-state index contributed by atoms with van der Waals surface area (Å²) >= 11 is 5.83. The van der Waals surface area contributed by atoms with Crippen molar-refractivity contribution in [3.05, 3.63) is 40.9 Å². The topological polar surface area (TPSA) is 62.6 Å². The van der Waals surface area contributed by atoms with E-state index in [0.717, 1.165) is 24.5 Å². The number of morpholine rings is 1. The van der Waals surface area contributed by atoms with Crippen molar-refractivity contribution >= 4 is 29.0 Å². The number of hydrogen-bond acceptors (Lipinski definition) is 4. The molecule has 2 aliphatic heterocycles. The molecule has 0 radical (unpaired) electrons. The van der Waals surface area contributed by atoms with Crippen molar-refractivity contribution in [1.82, 2.24) is 14.7 Å². The molecule has 1 aromatic carbocycles. The highest BCUT2D eigenvalue weighted by Crippen LogP contribution is 2.30. The first-order chi connectivity index (χ1) is 13.8. The Labute approximate surface area is 174 Å². The highest BCUT2D eigenvalue weighted by atomic mass is 35.5. The van der Waals surface area contributed by atoms with Crippen molar-refractivity contribution in [3.8, 4) is 0 Å². The lowest BCUT2D eigenvalue weighted by molar-refractivity contribution is -0.00533. The molecule has 1 saturated heterocycles. The molecule has 29 heavy (non-hydrogen) atoms. The van der Waals surface area contributed by atoms with Gasteiger partial charge in [0.2, 0.25) is 0 Å². The zero-order valence-electron chi connectivity index (χ0n) is 16.7. The van der Waals surface area contributed by atoms with Gasteiger partial charge in [0.25, 0.3) is 0 Å². The monoisotopic (exact) mass is 421 g/mol. The van der Waals surface area contributed by atoms with E-state index in [1.807, 2.05) is 17.8 Å². The number of carbonyl (C=O) groups excluding carboxylic acids is 1. The third-order valence-electron chi connectivity index (χ3n) is 5.41. The quantitative estimate of drug-likeness (QED) is 0.802. The fourth-order valence-electron chi connectivity index (χ4n) is 4.07. The van der Waals surface area contributed by atoms with E-state index in [1.54, 1.807) is 4.90 Å². The second-order valence-corrected chi connectivity index (χ2v) is 8.26. The van der Waals surface area contributed by atoms with E-state index in [4.69, 9.17) is 16.3 Å². The minimum Gasteiger partial charge on any atom is -0.372 e. The molecule has 2 aromatic rings. The lowest BCUT2D eigenvalue weighted by Gasteiger charge is -2.39. The van der Waals surface area contributed by atoms with Crippen LogP contribution in [0.15, 0.2) is 24.4 Å². The second-order valence-electron chi connectivity index (χ2n) is 7.86. The maximum atomic E-state index is 13.4. The van der Waals surface area contributed by atoms with Crippen LogP contribution >= 0.6 is 11.6 Å². The van der Waals surface area contributed by atoms with Gasteiger partial charge in [-0.3, -0.25) is 4.68 Å². The van der Waals surface area contributed by atoms with E-state index in [1.165, 1.54) is 18.2 Å². The van der Waals surface area contributed by atoms with Gasteiger partial charge in [0.1, 0.15) is 5.82 Å². The Morgan fingerprint density at radius 3 is 2.66 bits per heavy atom. The van der Waals surface area contributed by atoms with Crippen LogP contribution in [-0.4, -0.2) is 52.1 Å². The Kier molecular flexibility index (Phi) is 5.40. The maximum Gasteiger partial charge on any atom is 0.322 e. The summed E-state index contributed by atoms with van der Waals surface area (Å²) in [5.41, 5.74) is 2.52. The second kappa shape index (κ2) is 7.84. The molecule has 3 atom stereocenters. The molecule has 7 nitrogen and oxygen atoms in total. The zero-order chi connectivity index (χ0) is 20.7. The van der Waals surface area contributed by atoms with Crippen molar-refractivity contribution in [2.24, 2.45) is 0 Å². The highest BCUT2D eigenvalue weighted by molar-refractivity contribution is 6.31. The molecule has 2 aliphatic rings. The predicted octanol–water partition coefficient (Wildman–Crippen LogP) is 3.73. The van der Waals surface area contributed by atoms with Crippen molar-refractivity contribution in [1.29, 1.82) is 0 Å². The Hall–Kier alpha value is -2.32. The van der Waals surface area contributed by atoms with Gasteiger partial charge in [0, 0.05) is 18.8 Å². The van der Waals surface area contributed by atoms with Crippen LogP contribution < -0.4 is 10.2 Å². The van der Waals surface area contributed by atoms with Gasteiger partial charge in [-0.15, -0.1) is 0 Å². The van der Waals surface area contributed by atoms with Crippen LogP contribution in [0.5, 0.6) is 0 Å². The first kappa shape index (κ1) is 20.0. The number of fused-ring (bicyclic) bond motifs is 1. The third kappa shape index (κ3) is 4.04. The Morgan fingerprint density at radius 2 is 1.97 bits per heavy atom. The molecule has 0 saturated carbocycles. The van der Waals surface area contributed by atoms with Crippen molar-refractivity contribution < 1.29 is 13.9 Å². The largest absolute Gasteiger partial charge is 0.372 e. The molecule has 0 unspecified atom stereocenters. The zero-order valence-corrected chi connectivity index (χ0v) is 17.5. The Bertz CT molecular complexity index is 910. The Morgan fingerprint density at radius 1 is 1.24 bits per heavy atom. The number of amides is 2. The van der Waals surface area contributed by atoms with Crippen molar-refractivity contribution in [2.75, 3.05) is 23.3 Å². The van der Waals surface area contributed by atoms with E-state index >= 15 is 0 Å². The third-order valence-corrected chi connectivity index (χ3v) is 5.70. The van der Waals surface area contributed by atoms with Gasteiger partial charge in [-0.25, -0.2) is 9.18 Å². The average Bonchev–Trinajstić information content (AvgIpc) is 3.06. The first-order valence-electron chi connectivity index (χ1n) is 9.79.